The predicted octanol–water partition coefficient (Wildman–Crippen LogP) is 5.37. The maximum atomic E-state index is 13.6. The molecule has 1 amide bonds. The molecule has 8 nitrogen and oxygen atoms in total. The summed E-state index contributed by atoms with van der Waals surface area (Å²) < 4.78 is 26.8. The summed E-state index contributed by atoms with van der Waals surface area (Å²) in [6.45, 7) is 8.39. The Kier molecular flexibility index (Phi) is 8.18. The van der Waals surface area contributed by atoms with Crippen LogP contribution >= 0.6 is 0 Å². The van der Waals surface area contributed by atoms with Crippen molar-refractivity contribution in [2.45, 2.75) is 39.3 Å². The summed E-state index contributed by atoms with van der Waals surface area (Å²) in [5.74, 6) is 1.64. The molecule has 0 radical (unpaired) electrons. The maximum Gasteiger partial charge on any atom is 0.253 e. The van der Waals surface area contributed by atoms with Crippen LogP contribution < -0.4 is 20.0 Å². The highest BCUT2D eigenvalue weighted by Gasteiger charge is 2.26. The summed E-state index contributed by atoms with van der Waals surface area (Å²) in [5.41, 5.74) is 3.88. The molecule has 222 valence electrons. The molecular weight excluding hydrogens is 548 g/mol. The Balaban J connectivity index is 1.14. The lowest BCUT2D eigenvalue weighted by Crippen LogP contribution is -2.47. The summed E-state index contributed by atoms with van der Waals surface area (Å²) in [7, 11) is 0. The van der Waals surface area contributed by atoms with Crippen molar-refractivity contribution in [1.82, 2.24) is 20.3 Å². The molecule has 1 atom stereocenters. The van der Waals surface area contributed by atoms with E-state index in [9.17, 15) is 13.6 Å². The number of piperazine rings is 1. The third kappa shape index (κ3) is 6.43. The minimum Gasteiger partial charge on any atom is -0.353 e. The minimum atomic E-state index is -0.306. The van der Waals surface area contributed by atoms with Gasteiger partial charge in [0.05, 0.1) is 11.3 Å². The van der Waals surface area contributed by atoms with Gasteiger partial charge in [0.25, 0.3) is 5.91 Å². The lowest BCUT2D eigenvalue weighted by Gasteiger charge is -2.37. The largest absolute Gasteiger partial charge is 0.353 e. The number of nitrogens with one attached hydrogen (secondary N) is 1. The van der Waals surface area contributed by atoms with Gasteiger partial charge in [-0.25, -0.2) is 18.7 Å². The number of carbonyl (C=O) groups excluding carboxylic acids is 1. The van der Waals surface area contributed by atoms with Gasteiger partial charge in [-0.15, -0.1) is 0 Å². The molecule has 0 saturated carbocycles. The number of pyridine rings is 1. The number of amides is 1. The molecule has 2 aliphatic rings. The highest BCUT2D eigenvalue weighted by Crippen LogP contribution is 2.30. The van der Waals surface area contributed by atoms with Crippen molar-refractivity contribution in [2.24, 2.45) is 0 Å². The van der Waals surface area contributed by atoms with Gasteiger partial charge in [0.2, 0.25) is 5.95 Å². The van der Waals surface area contributed by atoms with E-state index in [1.165, 1.54) is 24.3 Å². The fraction of sp³-hybridized carbons (Fsp3) is 0.333. The molecule has 2 fully saturated rings. The molecule has 4 heterocycles. The zero-order valence-electron chi connectivity index (χ0n) is 24.4. The second kappa shape index (κ2) is 12.3. The quantitative estimate of drug-likeness (QED) is 0.314. The molecule has 10 heteroatoms. The molecular formula is C33H35F2N7O. The molecule has 2 aliphatic heterocycles. The number of aryl methyl sites for hydroxylation is 1. The molecule has 2 saturated heterocycles. The normalized spacial score (nSPS) is 16.9. The topological polar surface area (TPSA) is 77.5 Å². The Hall–Kier alpha value is -4.60. The number of hydrogen-bond acceptors (Lipinski definition) is 7. The molecule has 43 heavy (non-hydrogen) atoms. The van der Waals surface area contributed by atoms with Crippen molar-refractivity contribution in [3.63, 3.8) is 0 Å². The Morgan fingerprint density at radius 3 is 2.23 bits per heavy atom. The number of aromatic nitrogens is 3. The summed E-state index contributed by atoms with van der Waals surface area (Å²) in [4.78, 5) is 34.0. The predicted molar refractivity (Wildman–Crippen MR) is 164 cm³/mol. The monoisotopic (exact) mass is 583 g/mol. The molecule has 1 unspecified atom stereocenters. The first kappa shape index (κ1) is 28.5. The van der Waals surface area contributed by atoms with Crippen LogP contribution in [0.1, 0.15) is 41.3 Å². The highest BCUT2D eigenvalue weighted by atomic mass is 19.1. The van der Waals surface area contributed by atoms with Crippen LogP contribution in [-0.2, 0) is 6.54 Å². The standard InChI is InChI=1S/C33H35F2N7O/c1-22-18-26(32(43)37-20-24-5-9-27(34)10-6-24)21-36-31(22)41-16-14-40(15-17-41)30-19-29(25-7-11-28(35)12-8-25)38-33(39-30)42-13-3-4-23(42)2/h5-12,18-19,21,23H,3-4,13-17,20H2,1-2H3,(H,37,43). The molecule has 1 N–H and O–H groups in total. The third-order valence-corrected chi connectivity index (χ3v) is 8.23. The number of rotatable bonds is 7. The molecule has 2 aromatic heterocycles. The van der Waals surface area contributed by atoms with Crippen LogP contribution in [0.5, 0.6) is 0 Å². The molecule has 0 bridgehead atoms. The summed E-state index contributed by atoms with van der Waals surface area (Å²) in [6, 6.07) is 16.7. The Morgan fingerprint density at radius 2 is 1.58 bits per heavy atom. The minimum absolute atomic E-state index is 0.222. The first-order valence-corrected chi connectivity index (χ1v) is 14.7. The van der Waals surface area contributed by atoms with Gasteiger partial charge in [0.1, 0.15) is 23.3 Å². The number of nitrogens with zero attached hydrogens (tertiary/aromatic N) is 6. The van der Waals surface area contributed by atoms with Gasteiger partial charge in [-0.3, -0.25) is 4.79 Å². The van der Waals surface area contributed by atoms with Crippen molar-refractivity contribution < 1.29 is 13.6 Å². The Labute approximate surface area is 250 Å². The molecule has 2 aromatic carbocycles. The summed E-state index contributed by atoms with van der Waals surface area (Å²) in [6.07, 6.45) is 3.83. The first-order chi connectivity index (χ1) is 20.8. The van der Waals surface area contributed by atoms with E-state index in [1.807, 2.05) is 19.1 Å². The average Bonchev–Trinajstić information content (AvgIpc) is 3.46. The summed E-state index contributed by atoms with van der Waals surface area (Å²) >= 11 is 0. The van der Waals surface area contributed by atoms with Gasteiger partial charge in [-0.2, -0.15) is 4.98 Å². The van der Waals surface area contributed by atoms with Crippen LogP contribution in [0, 0.1) is 18.6 Å². The van der Waals surface area contributed by atoms with E-state index in [0.717, 1.165) is 85.5 Å². The van der Waals surface area contributed by atoms with Crippen molar-refractivity contribution in [3.8, 4) is 11.3 Å². The van der Waals surface area contributed by atoms with Crippen LogP contribution in [0.15, 0.2) is 66.9 Å². The Morgan fingerprint density at radius 1 is 0.907 bits per heavy atom. The lowest BCUT2D eigenvalue weighted by atomic mass is 10.1. The zero-order chi connectivity index (χ0) is 29.9. The number of benzene rings is 2. The lowest BCUT2D eigenvalue weighted by molar-refractivity contribution is 0.0950. The van der Waals surface area contributed by atoms with Gasteiger partial charge >= 0.3 is 0 Å². The van der Waals surface area contributed by atoms with Gasteiger partial charge < -0.3 is 20.0 Å². The number of anilines is 3. The van der Waals surface area contributed by atoms with Crippen LogP contribution in [-0.4, -0.2) is 59.6 Å². The number of carbonyl (C=O) groups is 1. The van der Waals surface area contributed by atoms with Crippen LogP contribution in [0.25, 0.3) is 11.3 Å². The van der Waals surface area contributed by atoms with E-state index in [2.05, 4.69) is 31.9 Å². The summed E-state index contributed by atoms with van der Waals surface area (Å²) in [5, 5.41) is 2.88. The van der Waals surface area contributed by atoms with Gasteiger partial charge in [-0.1, -0.05) is 12.1 Å². The van der Waals surface area contributed by atoms with E-state index >= 15 is 0 Å². The second-order valence-corrected chi connectivity index (χ2v) is 11.3. The SMILES string of the molecule is Cc1cc(C(=O)NCc2ccc(F)cc2)cnc1N1CCN(c2cc(-c3ccc(F)cc3)nc(N3CCCC3C)n2)CC1. The Bertz CT molecular complexity index is 1590. The molecule has 6 rings (SSSR count). The van der Waals surface area contributed by atoms with Crippen molar-refractivity contribution in [2.75, 3.05) is 47.4 Å². The zero-order valence-corrected chi connectivity index (χ0v) is 24.4. The van der Waals surface area contributed by atoms with E-state index in [-0.39, 0.29) is 17.5 Å². The molecule has 0 spiro atoms. The van der Waals surface area contributed by atoms with Crippen LogP contribution in [0.3, 0.4) is 0 Å². The van der Waals surface area contributed by atoms with E-state index in [1.54, 1.807) is 30.5 Å². The van der Waals surface area contributed by atoms with Crippen molar-refractivity contribution in [3.05, 3.63) is 95.2 Å². The second-order valence-electron chi connectivity index (χ2n) is 11.3. The fourth-order valence-electron chi connectivity index (χ4n) is 5.77. The van der Waals surface area contributed by atoms with Gasteiger partial charge in [0.15, 0.2) is 0 Å². The van der Waals surface area contributed by atoms with Gasteiger partial charge in [0, 0.05) is 63.1 Å². The van der Waals surface area contributed by atoms with Crippen molar-refractivity contribution in [1.29, 1.82) is 0 Å². The number of hydrogen-bond donors (Lipinski definition) is 1. The third-order valence-electron chi connectivity index (χ3n) is 8.23. The molecule has 4 aromatic rings. The van der Waals surface area contributed by atoms with Crippen LogP contribution in [0.4, 0.5) is 26.4 Å². The van der Waals surface area contributed by atoms with Crippen LogP contribution in [0.2, 0.25) is 0 Å². The smallest absolute Gasteiger partial charge is 0.253 e. The fourth-order valence-corrected chi connectivity index (χ4v) is 5.77. The number of halogens is 2. The van der Waals surface area contributed by atoms with Crippen molar-refractivity contribution >= 4 is 23.5 Å². The first-order valence-electron chi connectivity index (χ1n) is 14.7. The maximum absolute atomic E-state index is 13.6. The van der Waals surface area contributed by atoms with E-state index in [0.29, 0.717) is 18.2 Å². The van der Waals surface area contributed by atoms with E-state index in [4.69, 9.17) is 9.97 Å². The molecule has 0 aliphatic carbocycles. The van der Waals surface area contributed by atoms with E-state index < -0.39 is 0 Å². The average molecular weight is 584 g/mol. The highest BCUT2D eigenvalue weighted by molar-refractivity contribution is 5.94. The van der Waals surface area contributed by atoms with Gasteiger partial charge in [-0.05, 0) is 80.3 Å².